The van der Waals surface area contributed by atoms with Gasteiger partial charge in [-0.15, -0.1) is 0 Å². The molecule has 0 radical (unpaired) electrons. The first-order chi connectivity index (χ1) is 13.3. The number of carbonyl (C=O) groups excluding carboxylic acids is 1. The topological polar surface area (TPSA) is 51.0 Å². The summed E-state index contributed by atoms with van der Waals surface area (Å²) in [6.45, 7) is 6.10. The molecule has 3 heterocycles. The molecule has 3 aromatic rings. The first-order valence-electron chi connectivity index (χ1n) is 8.78. The summed E-state index contributed by atoms with van der Waals surface area (Å²) in [6.07, 6.45) is 1.74. The van der Waals surface area contributed by atoms with Gasteiger partial charge in [0.05, 0.1) is 11.4 Å². The third-order valence-electron chi connectivity index (χ3n) is 4.82. The van der Waals surface area contributed by atoms with Crippen LogP contribution in [0, 0.1) is 6.92 Å². The maximum absolute atomic E-state index is 13.4. The van der Waals surface area contributed by atoms with Gasteiger partial charge in [0.25, 0.3) is 5.91 Å². The van der Waals surface area contributed by atoms with Crippen LogP contribution in [0.3, 0.4) is 0 Å². The van der Waals surface area contributed by atoms with E-state index in [1.165, 1.54) is 0 Å². The summed E-state index contributed by atoms with van der Waals surface area (Å²) >= 11 is 13.2. The molecule has 1 unspecified atom stereocenters. The number of fused-ring (bicyclic) bond motifs is 1. The van der Waals surface area contributed by atoms with Gasteiger partial charge in [0.15, 0.2) is 10.4 Å². The van der Waals surface area contributed by atoms with Crippen LogP contribution in [0.25, 0.3) is 0 Å². The number of imidazole rings is 1. The predicted octanol–water partition coefficient (Wildman–Crippen LogP) is 6.10. The zero-order chi connectivity index (χ0) is 20.2. The third-order valence-corrected chi connectivity index (χ3v) is 6.08. The lowest BCUT2D eigenvalue weighted by Gasteiger charge is -2.28. The lowest BCUT2D eigenvalue weighted by atomic mass is 10.1. The van der Waals surface area contributed by atoms with E-state index < -0.39 is 6.04 Å². The van der Waals surface area contributed by atoms with Crippen LogP contribution >= 0.6 is 43.5 Å². The number of aromatic nitrogens is 3. The van der Waals surface area contributed by atoms with Gasteiger partial charge in [-0.05, 0) is 82.5 Å². The summed E-state index contributed by atoms with van der Waals surface area (Å²) in [6, 6.07) is 9.14. The van der Waals surface area contributed by atoms with E-state index in [1.807, 2.05) is 41.8 Å². The van der Waals surface area contributed by atoms with Crippen molar-refractivity contribution in [3.05, 3.63) is 73.4 Å². The average Bonchev–Trinajstić information content (AvgIpc) is 3.11. The minimum absolute atomic E-state index is 0.122. The molecule has 8 heteroatoms. The smallest absolute Gasteiger partial charge is 0.279 e. The standard InChI is InChI=1S/C20H17Br2ClN4O/c1-10(2)26-18-16(25-20(26)22)19(28)27(15-8-13(23)6-4-11(15)3)17(18)14-7-5-12(21)9-24-14/h4-10,17H,1-3H3. The van der Waals surface area contributed by atoms with Crippen LogP contribution in [-0.4, -0.2) is 20.4 Å². The normalized spacial score (nSPS) is 16.2. The number of pyridine rings is 1. The molecule has 1 atom stereocenters. The lowest BCUT2D eigenvalue weighted by Crippen LogP contribution is -2.31. The monoisotopic (exact) mass is 522 g/mol. The first-order valence-corrected chi connectivity index (χ1v) is 10.7. The van der Waals surface area contributed by atoms with Gasteiger partial charge < -0.3 is 4.57 Å². The molecule has 0 fully saturated rings. The van der Waals surface area contributed by atoms with Crippen molar-refractivity contribution in [3.8, 4) is 0 Å². The summed E-state index contributed by atoms with van der Waals surface area (Å²) in [5.74, 6) is -0.157. The molecule has 28 heavy (non-hydrogen) atoms. The second-order valence-corrected chi connectivity index (χ2v) is 9.05. The number of carbonyl (C=O) groups is 1. The maximum Gasteiger partial charge on any atom is 0.279 e. The fourth-order valence-electron chi connectivity index (χ4n) is 3.59. The number of halogens is 3. The molecule has 1 amide bonds. The SMILES string of the molecule is Cc1ccc(Cl)cc1N1C(=O)c2nc(Br)n(C(C)C)c2C1c1ccc(Br)cn1. The molecule has 0 aliphatic carbocycles. The highest BCUT2D eigenvalue weighted by Crippen LogP contribution is 2.44. The van der Waals surface area contributed by atoms with Crippen LogP contribution in [0.5, 0.6) is 0 Å². The van der Waals surface area contributed by atoms with E-state index in [4.69, 9.17) is 11.6 Å². The fraction of sp³-hybridized carbons (Fsp3) is 0.250. The van der Waals surface area contributed by atoms with Crippen molar-refractivity contribution < 1.29 is 4.79 Å². The van der Waals surface area contributed by atoms with Gasteiger partial charge in [0.1, 0.15) is 6.04 Å². The molecule has 5 nitrogen and oxygen atoms in total. The van der Waals surface area contributed by atoms with Crippen LogP contribution in [0.15, 0.2) is 45.7 Å². The van der Waals surface area contributed by atoms with Gasteiger partial charge in [-0.25, -0.2) is 4.98 Å². The summed E-state index contributed by atoms with van der Waals surface area (Å²) in [4.78, 5) is 24.3. The number of nitrogens with zero attached hydrogens (tertiary/aromatic N) is 4. The average molecular weight is 525 g/mol. The number of amides is 1. The van der Waals surface area contributed by atoms with Crippen molar-refractivity contribution in [2.45, 2.75) is 32.9 Å². The summed E-state index contributed by atoms with van der Waals surface area (Å²) in [7, 11) is 0. The lowest BCUT2D eigenvalue weighted by molar-refractivity contribution is 0.0989. The highest BCUT2D eigenvalue weighted by molar-refractivity contribution is 9.10. The Morgan fingerprint density at radius 3 is 2.57 bits per heavy atom. The summed E-state index contributed by atoms with van der Waals surface area (Å²) in [5, 5.41) is 0.577. The van der Waals surface area contributed by atoms with Gasteiger partial charge in [-0.3, -0.25) is 14.7 Å². The molecular weight excluding hydrogens is 508 g/mol. The van der Waals surface area contributed by atoms with Gasteiger partial charge in [-0.2, -0.15) is 0 Å². The molecule has 0 spiro atoms. The largest absolute Gasteiger partial charge is 0.317 e. The molecule has 1 aromatic carbocycles. The van der Waals surface area contributed by atoms with Gasteiger partial charge in [0, 0.05) is 27.4 Å². The molecule has 0 saturated heterocycles. The molecule has 2 aromatic heterocycles. The Hall–Kier alpha value is -1.70. The van der Waals surface area contributed by atoms with Crippen LogP contribution < -0.4 is 4.90 Å². The number of benzene rings is 1. The number of aryl methyl sites for hydroxylation is 1. The predicted molar refractivity (Wildman–Crippen MR) is 117 cm³/mol. The minimum Gasteiger partial charge on any atom is -0.317 e. The third kappa shape index (κ3) is 3.09. The fourth-order valence-corrected chi connectivity index (χ4v) is 4.77. The molecule has 1 aliphatic heterocycles. The van der Waals surface area contributed by atoms with E-state index >= 15 is 0 Å². The Bertz CT molecular complexity index is 1080. The Morgan fingerprint density at radius 1 is 1.18 bits per heavy atom. The molecular formula is C20H17Br2ClN4O. The van der Waals surface area contributed by atoms with Gasteiger partial charge >= 0.3 is 0 Å². The second kappa shape index (κ2) is 7.28. The van der Waals surface area contributed by atoms with E-state index in [2.05, 4.69) is 55.7 Å². The Kier molecular flexibility index (Phi) is 5.10. The van der Waals surface area contributed by atoms with Crippen LogP contribution in [0.1, 0.15) is 53.4 Å². The zero-order valence-electron chi connectivity index (χ0n) is 15.4. The van der Waals surface area contributed by atoms with Crippen molar-refractivity contribution in [3.63, 3.8) is 0 Å². The zero-order valence-corrected chi connectivity index (χ0v) is 19.4. The molecule has 1 aliphatic rings. The van der Waals surface area contributed by atoms with E-state index in [1.54, 1.807) is 11.1 Å². The van der Waals surface area contributed by atoms with Crippen molar-refractivity contribution in [2.75, 3.05) is 4.90 Å². The second-order valence-electron chi connectivity index (χ2n) is 6.99. The molecule has 0 bridgehead atoms. The van der Waals surface area contributed by atoms with Crippen LogP contribution in [-0.2, 0) is 0 Å². The minimum atomic E-state index is -0.394. The van der Waals surface area contributed by atoms with Gasteiger partial charge in [0.2, 0.25) is 0 Å². The highest BCUT2D eigenvalue weighted by atomic mass is 79.9. The van der Waals surface area contributed by atoms with Crippen LogP contribution in [0.4, 0.5) is 5.69 Å². The van der Waals surface area contributed by atoms with Crippen LogP contribution in [0.2, 0.25) is 5.02 Å². The Morgan fingerprint density at radius 2 is 1.93 bits per heavy atom. The molecule has 0 saturated carbocycles. The summed E-state index contributed by atoms with van der Waals surface area (Å²) < 4.78 is 3.57. The van der Waals surface area contributed by atoms with Gasteiger partial charge in [-0.1, -0.05) is 17.7 Å². The maximum atomic E-state index is 13.4. The van der Waals surface area contributed by atoms with Crippen molar-refractivity contribution >= 4 is 55.1 Å². The van der Waals surface area contributed by atoms with E-state index in [0.717, 1.165) is 27.1 Å². The molecule has 4 rings (SSSR count). The first kappa shape index (κ1) is 19.6. The highest BCUT2D eigenvalue weighted by Gasteiger charge is 2.45. The van der Waals surface area contributed by atoms with E-state index in [-0.39, 0.29) is 11.9 Å². The quantitative estimate of drug-likeness (QED) is 0.416. The Balaban J connectivity index is 1.99. The van der Waals surface area contributed by atoms with E-state index in [0.29, 0.717) is 15.5 Å². The molecule has 0 N–H and O–H groups in total. The van der Waals surface area contributed by atoms with E-state index in [9.17, 15) is 4.79 Å². The number of hydrogen-bond donors (Lipinski definition) is 0. The number of rotatable bonds is 3. The number of hydrogen-bond acceptors (Lipinski definition) is 3. The molecule has 144 valence electrons. The number of anilines is 1. The van der Waals surface area contributed by atoms with Crippen molar-refractivity contribution in [1.82, 2.24) is 14.5 Å². The van der Waals surface area contributed by atoms with Crippen molar-refractivity contribution in [2.24, 2.45) is 0 Å². The summed E-state index contributed by atoms with van der Waals surface area (Å²) in [5.41, 5.74) is 3.76. The van der Waals surface area contributed by atoms with Crippen molar-refractivity contribution in [1.29, 1.82) is 0 Å². The Labute approximate surface area is 185 Å².